The number of nitrogens with zero attached hydrogens (tertiary/aromatic N) is 1. The highest BCUT2D eigenvalue weighted by Crippen LogP contribution is 2.33. The summed E-state index contributed by atoms with van der Waals surface area (Å²) in [7, 11) is 0. The average Bonchev–Trinajstić information content (AvgIpc) is 2.34. The van der Waals surface area contributed by atoms with Crippen LogP contribution in [0.25, 0.3) is 11.0 Å². The van der Waals surface area contributed by atoms with Crippen molar-refractivity contribution in [2.75, 3.05) is 6.61 Å². The molecule has 0 spiro atoms. The molecule has 0 N–H and O–H groups in total. The molecule has 0 radical (unpaired) electrons. The summed E-state index contributed by atoms with van der Waals surface area (Å²) in [6.07, 6.45) is 0.729. The number of hydrogen-bond acceptors (Lipinski definition) is 5. The predicted octanol–water partition coefficient (Wildman–Crippen LogP) is 2.80. The second-order valence-electron chi connectivity index (χ2n) is 4.17. The van der Waals surface area contributed by atoms with Crippen molar-refractivity contribution in [3.63, 3.8) is 0 Å². The monoisotopic (exact) mass is 263 g/mol. The predicted molar refractivity (Wildman–Crippen MR) is 69.7 cm³/mol. The third-order valence-electron chi connectivity index (χ3n) is 2.69. The molecule has 1 aromatic carbocycles. The molecular formula is C13H13NO5. The molecule has 100 valence electrons. The van der Waals surface area contributed by atoms with E-state index in [1.807, 2.05) is 6.92 Å². The average molecular weight is 263 g/mol. The molecule has 0 amide bonds. The highest BCUT2D eigenvalue weighted by molar-refractivity contribution is 5.85. The van der Waals surface area contributed by atoms with Gasteiger partial charge in [-0.05, 0) is 18.9 Å². The van der Waals surface area contributed by atoms with Crippen LogP contribution in [-0.4, -0.2) is 11.5 Å². The summed E-state index contributed by atoms with van der Waals surface area (Å²) in [4.78, 5) is 21.8. The minimum atomic E-state index is -0.505. The Balaban J connectivity index is 2.69. The Morgan fingerprint density at radius 2 is 2.11 bits per heavy atom. The normalized spacial score (nSPS) is 10.6. The zero-order valence-corrected chi connectivity index (χ0v) is 10.6. The molecule has 6 heteroatoms. The summed E-state index contributed by atoms with van der Waals surface area (Å²) in [6.45, 7) is 3.97. The van der Waals surface area contributed by atoms with Gasteiger partial charge in [0, 0.05) is 23.6 Å². The standard InChI is InChI=1S/C13H13NO5/c1-3-4-18-12-7-11-9(6-10(12)14(16)17)8(2)5-13(15)19-11/h5-7H,3-4H2,1-2H3. The number of nitro groups is 1. The summed E-state index contributed by atoms with van der Waals surface area (Å²) in [5.41, 5.74) is 0.316. The molecule has 0 unspecified atom stereocenters. The second kappa shape index (κ2) is 5.09. The van der Waals surface area contributed by atoms with E-state index in [1.54, 1.807) is 6.92 Å². The Kier molecular flexibility index (Phi) is 3.50. The van der Waals surface area contributed by atoms with Crippen molar-refractivity contribution in [2.45, 2.75) is 20.3 Å². The highest BCUT2D eigenvalue weighted by Gasteiger charge is 2.18. The van der Waals surface area contributed by atoms with E-state index in [0.717, 1.165) is 6.42 Å². The van der Waals surface area contributed by atoms with Crippen LogP contribution in [0.15, 0.2) is 27.4 Å². The van der Waals surface area contributed by atoms with Crippen LogP contribution in [0.4, 0.5) is 5.69 Å². The van der Waals surface area contributed by atoms with Crippen molar-refractivity contribution >= 4 is 16.7 Å². The van der Waals surface area contributed by atoms with Gasteiger partial charge in [-0.15, -0.1) is 0 Å². The van der Waals surface area contributed by atoms with Crippen molar-refractivity contribution in [3.05, 3.63) is 44.3 Å². The van der Waals surface area contributed by atoms with Crippen LogP contribution in [-0.2, 0) is 0 Å². The topological polar surface area (TPSA) is 82.6 Å². The van der Waals surface area contributed by atoms with Crippen molar-refractivity contribution in [1.82, 2.24) is 0 Å². The van der Waals surface area contributed by atoms with Crippen LogP contribution in [0.2, 0.25) is 0 Å². The third-order valence-corrected chi connectivity index (χ3v) is 2.69. The van der Waals surface area contributed by atoms with Gasteiger partial charge in [0.25, 0.3) is 0 Å². The fraction of sp³-hybridized carbons (Fsp3) is 0.308. The smallest absolute Gasteiger partial charge is 0.336 e. The number of rotatable bonds is 4. The van der Waals surface area contributed by atoms with E-state index in [-0.39, 0.29) is 11.4 Å². The van der Waals surface area contributed by atoms with E-state index >= 15 is 0 Å². The van der Waals surface area contributed by atoms with E-state index in [1.165, 1.54) is 18.2 Å². The Bertz CT molecular complexity index is 689. The van der Waals surface area contributed by atoms with Crippen LogP contribution < -0.4 is 10.4 Å². The van der Waals surface area contributed by atoms with Crippen molar-refractivity contribution in [3.8, 4) is 5.75 Å². The zero-order valence-electron chi connectivity index (χ0n) is 10.6. The molecule has 2 rings (SSSR count). The summed E-state index contributed by atoms with van der Waals surface area (Å²) in [6, 6.07) is 4.08. The van der Waals surface area contributed by atoms with E-state index in [0.29, 0.717) is 23.1 Å². The highest BCUT2D eigenvalue weighted by atomic mass is 16.6. The van der Waals surface area contributed by atoms with Crippen molar-refractivity contribution in [2.24, 2.45) is 0 Å². The molecule has 2 aromatic rings. The Hall–Kier alpha value is -2.37. The summed E-state index contributed by atoms with van der Waals surface area (Å²) >= 11 is 0. The van der Waals surface area contributed by atoms with Crippen LogP contribution in [0.1, 0.15) is 18.9 Å². The first kappa shape index (κ1) is 13.1. The van der Waals surface area contributed by atoms with Gasteiger partial charge in [0.15, 0.2) is 0 Å². The quantitative estimate of drug-likeness (QED) is 0.481. The summed E-state index contributed by atoms with van der Waals surface area (Å²) in [5, 5.41) is 11.6. The second-order valence-corrected chi connectivity index (χ2v) is 4.17. The molecular weight excluding hydrogens is 250 g/mol. The third kappa shape index (κ3) is 2.57. The van der Waals surface area contributed by atoms with E-state index in [2.05, 4.69) is 0 Å². The molecule has 0 fully saturated rings. The number of aryl methyl sites for hydroxylation is 1. The van der Waals surface area contributed by atoms with E-state index < -0.39 is 10.5 Å². The summed E-state index contributed by atoms with van der Waals surface area (Å²) in [5.74, 6) is 0.119. The number of benzene rings is 1. The maximum atomic E-state index is 11.3. The van der Waals surface area contributed by atoms with Gasteiger partial charge in [0.05, 0.1) is 11.5 Å². The maximum absolute atomic E-state index is 11.3. The van der Waals surface area contributed by atoms with Gasteiger partial charge in [0.1, 0.15) is 5.58 Å². The lowest BCUT2D eigenvalue weighted by molar-refractivity contribution is -0.385. The van der Waals surface area contributed by atoms with Gasteiger partial charge in [-0.1, -0.05) is 6.92 Å². The van der Waals surface area contributed by atoms with E-state index in [4.69, 9.17) is 9.15 Å². The van der Waals surface area contributed by atoms with Crippen molar-refractivity contribution < 1.29 is 14.1 Å². The zero-order chi connectivity index (χ0) is 14.0. The van der Waals surface area contributed by atoms with Crippen molar-refractivity contribution in [1.29, 1.82) is 0 Å². The molecule has 6 nitrogen and oxygen atoms in total. The van der Waals surface area contributed by atoms with Crippen LogP contribution in [0.3, 0.4) is 0 Å². The SMILES string of the molecule is CCCOc1cc2oc(=O)cc(C)c2cc1[N+](=O)[O-]. The van der Waals surface area contributed by atoms with Gasteiger partial charge in [0.2, 0.25) is 5.75 Å². The van der Waals surface area contributed by atoms with Gasteiger partial charge in [-0.25, -0.2) is 4.79 Å². The minimum absolute atomic E-state index is 0.119. The van der Waals surface area contributed by atoms with Gasteiger partial charge in [-0.3, -0.25) is 10.1 Å². The first-order chi connectivity index (χ1) is 9.02. The largest absolute Gasteiger partial charge is 0.487 e. The Morgan fingerprint density at radius 3 is 2.74 bits per heavy atom. The lowest BCUT2D eigenvalue weighted by atomic mass is 10.1. The number of ether oxygens (including phenoxy) is 1. The molecule has 0 saturated carbocycles. The molecule has 0 aliphatic rings. The fourth-order valence-corrected chi connectivity index (χ4v) is 1.81. The first-order valence-corrected chi connectivity index (χ1v) is 5.88. The van der Waals surface area contributed by atoms with Crippen LogP contribution in [0, 0.1) is 17.0 Å². The lowest BCUT2D eigenvalue weighted by Crippen LogP contribution is -2.02. The first-order valence-electron chi connectivity index (χ1n) is 5.88. The molecule has 0 atom stereocenters. The molecule has 0 saturated heterocycles. The number of nitro benzene ring substituents is 1. The molecule has 0 aliphatic carbocycles. The maximum Gasteiger partial charge on any atom is 0.336 e. The molecule has 1 aromatic heterocycles. The van der Waals surface area contributed by atoms with E-state index in [9.17, 15) is 14.9 Å². The molecule has 1 heterocycles. The molecule has 19 heavy (non-hydrogen) atoms. The molecule has 0 bridgehead atoms. The number of fused-ring (bicyclic) bond motifs is 1. The molecule has 0 aliphatic heterocycles. The summed E-state index contributed by atoms with van der Waals surface area (Å²) < 4.78 is 10.4. The fourth-order valence-electron chi connectivity index (χ4n) is 1.81. The number of hydrogen-bond donors (Lipinski definition) is 0. The van der Waals surface area contributed by atoms with Gasteiger partial charge in [-0.2, -0.15) is 0 Å². The Labute approximate surface area is 108 Å². The van der Waals surface area contributed by atoms with Crippen LogP contribution in [0.5, 0.6) is 5.75 Å². The minimum Gasteiger partial charge on any atom is -0.487 e. The van der Waals surface area contributed by atoms with Gasteiger partial charge < -0.3 is 9.15 Å². The van der Waals surface area contributed by atoms with Gasteiger partial charge >= 0.3 is 11.3 Å². The van der Waals surface area contributed by atoms with Crippen LogP contribution >= 0.6 is 0 Å². The lowest BCUT2D eigenvalue weighted by Gasteiger charge is -2.07. The Morgan fingerprint density at radius 1 is 1.37 bits per heavy atom.